The van der Waals surface area contributed by atoms with Gasteiger partial charge < -0.3 is 10.3 Å². The van der Waals surface area contributed by atoms with Crippen LogP contribution in [0.2, 0.25) is 0 Å². The largest absolute Gasteiger partial charge is 0.341 e. The number of hydrogen-bond donors (Lipinski definition) is 2. The van der Waals surface area contributed by atoms with Crippen LogP contribution in [-0.4, -0.2) is 36.7 Å². The summed E-state index contributed by atoms with van der Waals surface area (Å²) in [5, 5.41) is 14.5. The highest BCUT2D eigenvalue weighted by Gasteiger charge is 2.05. The number of imidazole rings is 1. The Bertz CT molecular complexity index is 687. The summed E-state index contributed by atoms with van der Waals surface area (Å²) in [7, 11) is 0. The second-order valence-electron chi connectivity index (χ2n) is 4.73. The molecule has 2 aromatic heterocycles. The average Bonchev–Trinajstić information content (AvgIpc) is 3.20. The summed E-state index contributed by atoms with van der Waals surface area (Å²) < 4.78 is 1.63. The Kier molecular flexibility index (Phi) is 4.02. The van der Waals surface area contributed by atoms with Crippen LogP contribution >= 0.6 is 0 Å². The van der Waals surface area contributed by atoms with Crippen LogP contribution in [0.3, 0.4) is 0 Å². The van der Waals surface area contributed by atoms with Crippen molar-refractivity contribution in [3.05, 3.63) is 42.6 Å². The number of rotatable bonds is 6. The second-order valence-corrected chi connectivity index (χ2v) is 4.73. The van der Waals surface area contributed by atoms with E-state index in [4.69, 9.17) is 0 Å². The number of nitrogens with one attached hydrogen (secondary N) is 2. The van der Waals surface area contributed by atoms with Crippen molar-refractivity contribution in [1.29, 1.82) is 0 Å². The average molecular weight is 283 g/mol. The molecule has 0 fully saturated rings. The van der Waals surface area contributed by atoms with Crippen molar-refractivity contribution >= 4 is 0 Å². The zero-order chi connectivity index (χ0) is 14.5. The van der Waals surface area contributed by atoms with Gasteiger partial charge in [-0.1, -0.05) is 19.1 Å². The number of H-pyrrole nitrogens is 1. The Hall–Kier alpha value is -2.54. The van der Waals surface area contributed by atoms with Crippen LogP contribution in [-0.2, 0) is 6.54 Å². The number of tetrazole rings is 1. The van der Waals surface area contributed by atoms with Gasteiger partial charge in [0.05, 0.1) is 24.1 Å². The number of hydrogen-bond acceptors (Lipinski definition) is 5. The molecule has 0 atom stereocenters. The molecule has 7 nitrogen and oxygen atoms in total. The third-order valence-electron chi connectivity index (χ3n) is 3.12. The first kappa shape index (κ1) is 13.4. The lowest BCUT2D eigenvalue weighted by Gasteiger charge is -2.02. The molecule has 0 radical (unpaired) electrons. The first-order chi connectivity index (χ1) is 10.4. The van der Waals surface area contributed by atoms with Gasteiger partial charge in [0, 0.05) is 5.56 Å². The molecule has 0 aliphatic heterocycles. The van der Waals surface area contributed by atoms with E-state index in [1.54, 1.807) is 11.0 Å². The molecule has 0 unspecified atom stereocenters. The molecule has 1 aromatic carbocycles. The molecule has 21 heavy (non-hydrogen) atoms. The molecule has 2 N–H and O–H groups in total. The highest BCUT2D eigenvalue weighted by molar-refractivity contribution is 5.61. The number of benzene rings is 1. The maximum Gasteiger partial charge on any atom is 0.143 e. The van der Waals surface area contributed by atoms with Crippen LogP contribution in [0, 0.1) is 0 Å². The molecular weight excluding hydrogens is 266 g/mol. The van der Waals surface area contributed by atoms with E-state index in [1.165, 1.54) is 0 Å². The zero-order valence-corrected chi connectivity index (χ0v) is 11.8. The molecule has 0 amide bonds. The lowest BCUT2D eigenvalue weighted by atomic mass is 10.1. The van der Waals surface area contributed by atoms with Gasteiger partial charge in [-0.05, 0) is 35.5 Å². The summed E-state index contributed by atoms with van der Waals surface area (Å²) >= 11 is 0. The summed E-state index contributed by atoms with van der Waals surface area (Å²) in [6, 6.07) is 7.99. The second kappa shape index (κ2) is 6.27. The molecular formula is C14H17N7. The van der Waals surface area contributed by atoms with Gasteiger partial charge in [-0.25, -0.2) is 9.67 Å². The number of nitrogens with zero attached hydrogens (tertiary/aromatic N) is 5. The molecule has 108 valence electrons. The van der Waals surface area contributed by atoms with E-state index in [9.17, 15) is 0 Å². The van der Waals surface area contributed by atoms with Gasteiger partial charge in [-0.15, -0.1) is 5.10 Å². The van der Waals surface area contributed by atoms with Crippen molar-refractivity contribution in [1.82, 2.24) is 35.5 Å². The molecule has 0 aliphatic rings. The molecule has 3 aromatic rings. The molecule has 0 aliphatic carbocycles. The Morgan fingerprint density at radius 3 is 3.10 bits per heavy atom. The van der Waals surface area contributed by atoms with Gasteiger partial charge in [0.15, 0.2) is 0 Å². The number of aromatic nitrogens is 6. The van der Waals surface area contributed by atoms with Crippen LogP contribution in [0.15, 0.2) is 36.8 Å². The first-order valence-corrected chi connectivity index (χ1v) is 6.95. The normalized spacial score (nSPS) is 10.9. The molecule has 0 spiro atoms. The van der Waals surface area contributed by atoms with E-state index < -0.39 is 0 Å². The van der Waals surface area contributed by atoms with E-state index in [-0.39, 0.29) is 0 Å². The van der Waals surface area contributed by atoms with Crippen molar-refractivity contribution in [2.75, 3.05) is 6.54 Å². The Morgan fingerprint density at radius 2 is 2.29 bits per heavy atom. The highest BCUT2D eigenvalue weighted by Crippen LogP contribution is 2.19. The van der Waals surface area contributed by atoms with Gasteiger partial charge in [0.1, 0.15) is 12.2 Å². The quantitative estimate of drug-likeness (QED) is 0.671. The van der Waals surface area contributed by atoms with Gasteiger partial charge >= 0.3 is 0 Å². The molecule has 2 heterocycles. The minimum absolute atomic E-state index is 0.751. The van der Waals surface area contributed by atoms with Crippen molar-refractivity contribution in [3.8, 4) is 16.9 Å². The lowest BCUT2D eigenvalue weighted by molar-refractivity contribution is 0.655. The molecule has 0 bridgehead atoms. The predicted molar refractivity (Wildman–Crippen MR) is 78.7 cm³/mol. The van der Waals surface area contributed by atoms with E-state index in [2.05, 4.69) is 37.7 Å². The van der Waals surface area contributed by atoms with Crippen molar-refractivity contribution in [2.45, 2.75) is 19.9 Å². The number of aromatic amines is 1. The summed E-state index contributed by atoms with van der Waals surface area (Å²) in [5.41, 5.74) is 2.95. The minimum atomic E-state index is 0.751. The Morgan fingerprint density at radius 1 is 1.33 bits per heavy atom. The van der Waals surface area contributed by atoms with Gasteiger partial charge in [0.2, 0.25) is 0 Å². The molecule has 3 rings (SSSR count). The zero-order valence-electron chi connectivity index (χ0n) is 11.8. The van der Waals surface area contributed by atoms with Crippen LogP contribution in [0.5, 0.6) is 0 Å². The summed E-state index contributed by atoms with van der Waals surface area (Å²) in [6.45, 7) is 3.89. The van der Waals surface area contributed by atoms with Crippen LogP contribution in [0.25, 0.3) is 16.9 Å². The topological polar surface area (TPSA) is 84.3 Å². The van der Waals surface area contributed by atoms with E-state index in [1.807, 2.05) is 30.5 Å². The molecule has 0 saturated carbocycles. The van der Waals surface area contributed by atoms with Crippen molar-refractivity contribution < 1.29 is 0 Å². The van der Waals surface area contributed by atoms with Crippen LogP contribution < -0.4 is 5.32 Å². The smallest absolute Gasteiger partial charge is 0.143 e. The standard InChI is InChI=1S/C14H17N7/c1-2-6-15-9-14-16-8-13(18-14)11-4-3-5-12(7-11)21-10-17-19-20-21/h3-5,7-8,10,15H,2,6,9H2,1H3,(H,16,18). The Labute approximate surface area is 122 Å². The van der Waals surface area contributed by atoms with Gasteiger partial charge in [0.25, 0.3) is 0 Å². The minimum Gasteiger partial charge on any atom is -0.341 e. The lowest BCUT2D eigenvalue weighted by Crippen LogP contribution is -2.14. The van der Waals surface area contributed by atoms with Crippen LogP contribution in [0.1, 0.15) is 19.2 Å². The van der Waals surface area contributed by atoms with E-state index in [0.717, 1.165) is 42.3 Å². The van der Waals surface area contributed by atoms with Crippen molar-refractivity contribution in [2.24, 2.45) is 0 Å². The molecule has 7 heteroatoms. The Balaban J connectivity index is 1.79. The maximum atomic E-state index is 4.39. The SMILES string of the molecule is CCCNCc1ncc(-c2cccc(-n3cnnn3)c2)[nH]1. The summed E-state index contributed by atoms with van der Waals surface area (Å²) in [6.07, 6.45) is 4.54. The maximum absolute atomic E-state index is 4.39. The fourth-order valence-corrected chi connectivity index (χ4v) is 2.08. The summed E-state index contributed by atoms with van der Waals surface area (Å²) in [5.74, 6) is 0.936. The van der Waals surface area contributed by atoms with Crippen LogP contribution in [0.4, 0.5) is 0 Å². The fraction of sp³-hybridized carbons (Fsp3) is 0.286. The van der Waals surface area contributed by atoms with E-state index in [0.29, 0.717) is 0 Å². The third-order valence-corrected chi connectivity index (χ3v) is 3.12. The monoisotopic (exact) mass is 283 g/mol. The van der Waals surface area contributed by atoms with E-state index >= 15 is 0 Å². The van der Waals surface area contributed by atoms with Gasteiger partial charge in [-0.2, -0.15) is 0 Å². The fourth-order valence-electron chi connectivity index (χ4n) is 2.08. The highest BCUT2D eigenvalue weighted by atomic mass is 15.5. The summed E-state index contributed by atoms with van der Waals surface area (Å²) in [4.78, 5) is 7.72. The molecule has 0 saturated heterocycles. The third kappa shape index (κ3) is 3.14. The first-order valence-electron chi connectivity index (χ1n) is 6.95. The van der Waals surface area contributed by atoms with Gasteiger partial charge in [-0.3, -0.25) is 0 Å². The van der Waals surface area contributed by atoms with Crippen molar-refractivity contribution in [3.63, 3.8) is 0 Å². The predicted octanol–water partition coefficient (Wildman–Crippen LogP) is 1.55.